The molecule has 1 aromatic heterocycles. The fourth-order valence-electron chi connectivity index (χ4n) is 3.08. The maximum atomic E-state index is 12.6. The second-order valence-electron chi connectivity index (χ2n) is 6.37. The third-order valence-corrected chi connectivity index (χ3v) is 4.56. The lowest BCUT2D eigenvalue weighted by Gasteiger charge is -2.18. The molecule has 30 heavy (non-hydrogen) atoms. The van der Waals surface area contributed by atoms with Crippen LogP contribution in [0.2, 0.25) is 0 Å². The molecule has 1 aliphatic carbocycles. The van der Waals surface area contributed by atoms with Crippen molar-refractivity contribution >= 4 is 34.0 Å². The van der Waals surface area contributed by atoms with Gasteiger partial charge in [-0.15, -0.1) is 0 Å². The fraction of sp³-hybridized carbons (Fsp3) is 0.0909. The van der Waals surface area contributed by atoms with Crippen molar-refractivity contribution in [3.05, 3.63) is 72.3 Å². The van der Waals surface area contributed by atoms with Crippen molar-refractivity contribution in [1.29, 1.82) is 0 Å². The van der Waals surface area contributed by atoms with Crippen molar-refractivity contribution in [3.8, 4) is 11.5 Å². The maximum Gasteiger partial charge on any atom is 0.204 e. The summed E-state index contributed by atoms with van der Waals surface area (Å²) in [5, 5.41) is 6.65. The summed E-state index contributed by atoms with van der Waals surface area (Å²) in [5.74, 6) is 0.705. The summed E-state index contributed by atoms with van der Waals surface area (Å²) in [6.07, 6.45) is 3.84. The highest BCUT2D eigenvalue weighted by atomic mass is 16.5. The van der Waals surface area contributed by atoms with Gasteiger partial charge in [-0.3, -0.25) is 9.59 Å². The van der Waals surface area contributed by atoms with Crippen LogP contribution in [0.25, 0.3) is 10.9 Å². The minimum absolute atomic E-state index is 0.0983. The summed E-state index contributed by atoms with van der Waals surface area (Å²) in [7, 11) is 3.06. The number of carbonyl (C=O) groups is 2. The minimum Gasteiger partial charge on any atom is -0.493 e. The molecule has 0 spiro atoms. The van der Waals surface area contributed by atoms with Crippen LogP contribution in [0.3, 0.4) is 0 Å². The molecule has 0 unspecified atom stereocenters. The Labute approximate surface area is 172 Å². The molecule has 0 amide bonds. The van der Waals surface area contributed by atoms with Crippen LogP contribution in [0.1, 0.15) is 0 Å². The van der Waals surface area contributed by atoms with E-state index in [1.165, 1.54) is 32.7 Å². The molecule has 0 radical (unpaired) electrons. The number of methoxy groups -OCH3 is 2. The molecule has 2 N–H and O–H groups in total. The van der Waals surface area contributed by atoms with Crippen molar-refractivity contribution in [1.82, 2.24) is 9.97 Å². The molecule has 4 rings (SSSR count). The lowest BCUT2D eigenvalue weighted by atomic mass is 10.0. The smallest absolute Gasteiger partial charge is 0.204 e. The van der Waals surface area contributed by atoms with E-state index in [1.807, 2.05) is 18.2 Å². The van der Waals surface area contributed by atoms with Gasteiger partial charge in [-0.2, -0.15) is 0 Å². The first-order valence-electron chi connectivity index (χ1n) is 9.07. The lowest BCUT2D eigenvalue weighted by Crippen LogP contribution is -2.25. The number of para-hydroxylation sites is 1. The predicted molar refractivity (Wildman–Crippen MR) is 113 cm³/mol. The molecule has 0 aliphatic heterocycles. The zero-order valence-electron chi connectivity index (χ0n) is 16.3. The van der Waals surface area contributed by atoms with E-state index in [0.717, 1.165) is 0 Å². The predicted octanol–water partition coefficient (Wildman–Crippen LogP) is 3.09. The Hall–Kier alpha value is -4.20. The third-order valence-electron chi connectivity index (χ3n) is 4.56. The summed E-state index contributed by atoms with van der Waals surface area (Å²) in [5.41, 5.74) is 1.51. The Morgan fingerprint density at radius 1 is 0.800 bits per heavy atom. The highest BCUT2D eigenvalue weighted by Gasteiger charge is 2.24. The maximum absolute atomic E-state index is 12.6. The van der Waals surface area contributed by atoms with Gasteiger partial charge in [-0.25, -0.2) is 9.97 Å². The first-order chi connectivity index (χ1) is 14.6. The van der Waals surface area contributed by atoms with Crippen molar-refractivity contribution < 1.29 is 19.1 Å². The van der Waals surface area contributed by atoms with E-state index in [4.69, 9.17) is 9.47 Å². The number of allylic oxidation sites excluding steroid dienone is 2. The van der Waals surface area contributed by atoms with Crippen molar-refractivity contribution in [3.63, 3.8) is 0 Å². The average molecular weight is 402 g/mol. The van der Waals surface area contributed by atoms with Crippen LogP contribution in [-0.4, -0.2) is 35.8 Å². The molecule has 0 bridgehead atoms. The number of carbonyl (C=O) groups excluding carboxylic acids is 2. The zero-order valence-corrected chi connectivity index (χ0v) is 16.3. The Morgan fingerprint density at radius 3 is 2.10 bits per heavy atom. The summed E-state index contributed by atoms with van der Waals surface area (Å²) >= 11 is 0. The summed E-state index contributed by atoms with van der Waals surface area (Å²) in [4.78, 5) is 33.7. The molecule has 0 saturated carbocycles. The first-order valence-corrected chi connectivity index (χ1v) is 9.07. The average Bonchev–Trinajstić information content (AvgIpc) is 2.78. The molecule has 8 heteroatoms. The number of fused-ring (bicyclic) bond motifs is 1. The standard InChI is InChI=1S/C22H18N4O4/c1-29-18-10-14-15(11-19(18)30-2)23-12-24-22(14)26-21-17(28)9-8-16(27)20(21)25-13-6-4-3-5-7-13/h3-12,25H,1-2H3,(H,23,24,26). The molecule has 2 aromatic carbocycles. The summed E-state index contributed by atoms with van der Waals surface area (Å²) in [6, 6.07) is 12.6. The monoisotopic (exact) mass is 402 g/mol. The number of aromatic nitrogens is 2. The molecule has 1 aliphatic rings. The van der Waals surface area contributed by atoms with Crippen LogP contribution in [0.4, 0.5) is 11.5 Å². The van der Waals surface area contributed by atoms with Crippen LogP contribution in [0.5, 0.6) is 11.5 Å². The molecular formula is C22H18N4O4. The normalized spacial score (nSPS) is 13.5. The van der Waals surface area contributed by atoms with E-state index in [-0.39, 0.29) is 23.0 Å². The summed E-state index contributed by atoms with van der Waals surface area (Å²) in [6.45, 7) is 0. The fourth-order valence-corrected chi connectivity index (χ4v) is 3.08. The van der Waals surface area contributed by atoms with Crippen molar-refractivity contribution in [2.45, 2.75) is 0 Å². The highest BCUT2D eigenvalue weighted by Crippen LogP contribution is 2.34. The van der Waals surface area contributed by atoms with Gasteiger partial charge in [0.2, 0.25) is 11.6 Å². The molecule has 0 fully saturated rings. The number of nitrogens with zero attached hydrogens (tertiary/aromatic N) is 2. The van der Waals surface area contributed by atoms with E-state index >= 15 is 0 Å². The van der Waals surface area contributed by atoms with Gasteiger partial charge in [-0.1, -0.05) is 18.2 Å². The number of ether oxygens (including phenoxy) is 2. The largest absolute Gasteiger partial charge is 0.493 e. The Bertz CT molecular complexity index is 1200. The SMILES string of the molecule is COc1cc2ncnc(NC3=C(Nc4ccccc4)C(=O)C=CC3=O)c2cc1OC. The van der Waals surface area contributed by atoms with Crippen LogP contribution in [-0.2, 0) is 9.59 Å². The van der Waals surface area contributed by atoms with Gasteiger partial charge in [-0.05, 0) is 30.4 Å². The molecule has 150 valence electrons. The van der Waals surface area contributed by atoms with E-state index < -0.39 is 0 Å². The van der Waals surface area contributed by atoms with Gasteiger partial charge in [0.25, 0.3) is 0 Å². The topological polar surface area (TPSA) is 102 Å². The number of hydrogen-bond acceptors (Lipinski definition) is 8. The molecule has 0 saturated heterocycles. The second kappa shape index (κ2) is 8.04. The number of rotatable bonds is 6. The first kappa shape index (κ1) is 19.1. The summed E-state index contributed by atoms with van der Waals surface area (Å²) < 4.78 is 10.7. The zero-order chi connectivity index (χ0) is 21.1. The van der Waals surface area contributed by atoms with E-state index in [2.05, 4.69) is 20.6 Å². The van der Waals surface area contributed by atoms with Crippen LogP contribution in [0, 0.1) is 0 Å². The van der Waals surface area contributed by atoms with Crippen LogP contribution >= 0.6 is 0 Å². The molecule has 8 nitrogen and oxygen atoms in total. The van der Waals surface area contributed by atoms with Crippen molar-refractivity contribution in [2.24, 2.45) is 0 Å². The van der Waals surface area contributed by atoms with E-state index in [1.54, 1.807) is 24.3 Å². The Morgan fingerprint density at radius 2 is 1.43 bits per heavy atom. The van der Waals surface area contributed by atoms with E-state index in [9.17, 15) is 9.59 Å². The van der Waals surface area contributed by atoms with Gasteiger partial charge >= 0.3 is 0 Å². The van der Waals surface area contributed by atoms with E-state index in [0.29, 0.717) is 33.9 Å². The van der Waals surface area contributed by atoms with Crippen LogP contribution < -0.4 is 20.1 Å². The highest BCUT2D eigenvalue weighted by molar-refractivity contribution is 6.22. The lowest BCUT2D eigenvalue weighted by molar-refractivity contribution is -0.115. The number of nitrogens with one attached hydrogen (secondary N) is 2. The molecular weight excluding hydrogens is 384 g/mol. The number of anilines is 2. The van der Waals surface area contributed by atoms with Crippen LogP contribution in [0.15, 0.2) is 72.3 Å². The van der Waals surface area contributed by atoms with Gasteiger partial charge in [0.1, 0.15) is 23.5 Å². The molecule has 1 heterocycles. The third kappa shape index (κ3) is 3.58. The Kier molecular flexibility index (Phi) is 5.13. The van der Waals surface area contributed by atoms with Gasteiger partial charge in [0, 0.05) is 17.1 Å². The quantitative estimate of drug-likeness (QED) is 0.607. The number of ketones is 2. The number of hydrogen-bond donors (Lipinski definition) is 2. The van der Waals surface area contributed by atoms with Crippen molar-refractivity contribution in [2.75, 3.05) is 24.9 Å². The molecule has 3 aromatic rings. The molecule has 0 atom stereocenters. The van der Waals surface area contributed by atoms with Gasteiger partial charge in [0.05, 0.1) is 19.7 Å². The number of benzene rings is 2. The van der Waals surface area contributed by atoms with Gasteiger partial charge < -0.3 is 20.1 Å². The second-order valence-corrected chi connectivity index (χ2v) is 6.37. The van der Waals surface area contributed by atoms with Gasteiger partial charge in [0.15, 0.2) is 11.5 Å². The Balaban J connectivity index is 1.80. The minimum atomic E-state index is -0.347.